The van der Waals surface area contributed by atoms with Gasteiger partial charge in [0, 0.05) is 17.1 Å². The predicted octanol–water partition coefficient (Wildman–Crippen LogP) is 9.11. The Bertz CT molecular complexity index is 1690. The quantitative estimate of drug-likeness (QED) is 0.149. The van der Waals surface area contributed by atoms with Crippen LogP contribution in [0.4, 0.5) is 17.1 Å². The lowest BCUT2D eigenvalue weighted by Crippen LogP contribution is -2.44. The van der Waals surface area contributed by atoms with Gasteiger partial charge in [-0.05, 0) is 110 Å². The van der Waals surface area contributed by atoms with Gasteiger partial charge in [-0.25, -0.2) is 0 Å². The number of ether oxygens (including phenoxy) is 1. The van der Waals surface area contributed by atoms with Crippen LogP contribution in [0.1, 0.15) is 29.2 Å². The Morgan fingerprint density at radius 3 is 1.52 bits per heavy atom. The van der Waals surface area contributed by atoms with Crippen LogP contribution in [0.3, 0.4) is 0 Å². The second kappa shape index (κ2) is 13.6. The number of carbonyl (C=O) groups is 1. The second-order valence-electron chi connectivity index (χ2n) is 11.5. The molecule has 1 N–H and O–H groups in total. The van der Waals surface area contributed by atoms with Crippen molar-refractivity contribution in [3.05, 3.63) is 156 Å². The average Bonchev–Trinajstić information content (AvgIpc) is 3.06. The first kappa shape index (κ1) is 30.5. The molecule has 0 heterocycles. The van der Waals surface area contributed by atoms with Crippen molar-refractivity contribution in [3.63, 3.8) is 0 Å². The number of anilines is 3. The van der Waals surface area contributed by atoms with Gasteiger partial charge < -0.3 is 14.7 Å². The fourth-order valence-electron chi connectivity index (χ4n) is 5.15. The summed E-state index contributed by atoms with van der Waals surface area (Å²) in [5.41, 5.74) is 9.28. The number of benzene rings is 5. The molecule has 222 valence electrons. The highest BCUT2D eigenvalue weighted by Gasteiger charge is 2.32. The van der Waals surface area contributed by atoms with Crippen LogP contribution in [0.25, 0.3) is 11.1 Å². The van der Waals surface area contributed by atoms with E-state index in [2.05, 4.69) is 122 Å². The summed E-state index contributed by atoms with van der Waals surface area (Å²) in [6, 6.07) is 42.5. The van der Waals surface area contributed by atoms with E-state index in [4.69, 9.17) is 4.74 Å². The molecular formula is C40H39NO3. The first-order valence-corrected chi connectivity index (χ1v) is 15.0. The topological polar surface area (TPSA) is 49.8 Å². The largest absolute Gasteiger partial charge is 0.477 e. The first-order valence-electron chi connectivity index (χ1n) is 15.0. The van der Waals surface area contributed by atoms with Crippen LogP contribution in [0, 0.1) is 13.8 Å². The molecule has 1 unspecified atom stereocenters. The third-order valence-electron chi connectivity index (χ3n) is 7.97. The molecule has 0 aromatic heterocycles. The summed E-state index contributed by atoms with van der Waals surface area (Å²) >= 11 is 0. The van der Waals surface area contributed by atoms with E-state index in [1.807, 2.05) is 24.3 Å². The Hall–Kier alpha value is -4.93. The maximum atomic E-state index is 12.1. The molecule has 0 bridgehead atoms. The van der Waals surface area contributed by atoms with Crippen molar-refractivity contribution in [1.29, 1.82) is 0 Å². The number of carbonyl (C=O) groups excluding carboxylic acids is 1. The first-order chi connectivity index (χ1) is 21.3. The molecule has 4 nitrogen and oxygen atoms in total. The molecule has 44 heavy (non-hydrogen) atoms. The van der Waals surface area contributed by atoms with Crippen LogP contribution in [0.2, 0.25) is 0 Å². The molecule has 0 aliphatic carbocycles. The molecule has 0 fully saturated rings. The van der Waals surface area contributed by atoms with Gasteiger partial charge >= 0.3 is 0 Å². The summed E-state index contributed by atoms with van der Waals surface area (Å²) in [6.45, 7) is 8.86. The smallest absolute Gasteiger partial charge is 0.200 e. The van der Waals surface area contributed by atoms with Gasteiger partial charge in [0.15, 0.2) is 5.60 Å². The van der Waals surface area contributed by atoms with E-state index >= 15 is 0 Å². The van der Waals surface area contributed by atoms with E-state index < -0.39 is 12.2 Å². The highest BCUT2D eigenvalue weighted by Crippen LogP contribution is 2.36. The fourth-order valence-corrected chi connectivity index (χ4v) is 5.15. The number of ketones is 1. The van der Waals surface area contributed by atoms with Crippen LogP contribution < -0.4 is 9.64 Å². The number of hydrogen-bond donors (Lipinski definition) is 1. The minimum atomic E-state index is -1.33. The third kappa shape index (κ3) is 7.16. The number of hydrogen-bond acceptors (Lipinski definition) is 4. The van der Waals surface area contributed by atoms with Crippen molar-refractivity contribution < 1.29 is 14.6 Å². The van der Waals surface area contributed by atoms with E-state index in [1.54, 1.807) is 6.92 Å². The lowest BCUT2D eigenvalue weighted by atomic mass is 10.0. The van der Waals surface area contributed by atoms with Crippen LogP contribution in [0.15, 0.2) is 134 Å². The molecule has 0 saturated heterocycles. The lowest BCUT2D eigenvalue weighted by Gasteiger charge is -2.26. The van der Waals surface area contributed by atoms with Gasteiger partial charge in [-0.15, -0.1) is 0 Å². The highest BCUT2D eigenvalue weighted by atomic mass is 16.5. The van der Waals surface area contributed by atoms with Gasteiger partial charge in [-0.2, -0.15) is 0 Å². The molecule has 0 radical (unpaired) electrons. The third-order valence-corrected chi connectivity index (χ3v) is 7.97. The normalized spacial score (nSPS) is 12.3. The Balaban J connectivity index is 1.30. The summed E-state index contributed by atoms with van der Waals surface area (Å²) in [7, 11) is 0. The van der Waals surface area contributed by atoms with Crippen molar-refractivity contribution in [2.24, 2.45) is 0 Å². The van der Waals surface area contributed by atoms with E-state index in [-0.39, 0.29) is 5.78 Å². The standard InChI is InChI=1S/C40H39NO3/c1-5-39(43)40(4,28-42)44-38-26-14-32(15-27-38)11-10-31-12-22-36(23-13-31)41(35-20-8-30(3)9-21-35)37-24-18-34(19-25-37)33-16-6-29(2)7-17-33/h5-9,12-27,42H,1,10-11,28H2,2-4H3. The molecule has 1 atom stereocenters. The predicted molar refractivity (Wildman–Crippen MR) is 181 cm³/mol. The zero-order valence-corrected chi connectivity index (χ0v) is 25.7. The van der Waals surface area contributed by atoms with Crippen LogP contribution in [0.5, 0.6) is 5.75 Å². The number of nitrogens with zero attached hydrogens (tertiary/aromatic N) is 1. The molecule has 0 amide bonds. The molecule has 0 spiro atoms. The lowest BCUT2D eigenvalue weighted by molar-refractivity contribution is -0.131. The Kier molecular flexibility index (Phi) is 9.42. The zero-order chi connectivity index (χ0) is 31.1. The fraction of sp³-hybridized carbons (Fsp3) is 0.175. The highest BCUT2D eigenvalue weighted by molar-refractivity contribution is 5.96. The van der Waals surface area contributed by atoms with E-state index in [1.165, 1.54) is 33.9 Å². The SMILES string of the molecule is C=CC(=O)C(C)(CO)Oc1ccc(CCc2ccc(N(c3ccc(C)cc3)c3ccc(-c4ccc(C)cc4)cc3)cc2)cc1. The molecular weight excluding hydrogens is 542 g/mol. The number of rotatable bonds is 12. The molecule has 0 saturated carbocycles. The Labute approximate surface area is 260 Å². The Morgan fingerprint density at radius 2 is 1.07 bits per heavy atom. The van der Waals surface area contributed by atoms with Crippen LogP contribution in [-0.2, 0) is 17.6 Å². The van der Waals surface area contributed by atoms with Gasteiger partial charge in [0.05, 0.1) is 6.61 Å². The minimum absolute atomic E-state index is 0.354. The van der Waals surface area contributed by atoms with Gasteiger partial charge in [0.25, 0.3) is 0 Å². The van der Waals surface area contributed by atoms with Crippen LogP contribution in [-0.4, -0.2) is 23.1 Å². The van der Waals surface area contributed by atoms with Gasteiger partial charge in [0.1, 0.15) is 5.75 Å². The summed E-state index contributed by atoms with van der Waals surface area (Å²) in [5.74, 6) is 0.181. The van der Waals surface area contributed by atoms with Gasteiger partial charge in [0.2, 0.25) is 5.78 Å². The minimum Gasteiger partial charge on any atom is -0.477 e. The molecule has 5 aromatic rings. The van der Waals surface area contributed by atoms with Crippen LogP contribution >= 0.6 is 0 Å². The zero-order valence-electron chi connectivity index (χ0n) is 25.7. The van der Waals surface area contributed by atoms with Crippen molar-refractivity contribution in [2.45, 2.75) is 39.2 Å². The number of aryl methyl sites for hydroxylation is 4. The molecule has 0 aliphatic rings. The maximum absolute atomic E-state index is 12.1. The van der Waals surface area contributed by atoms with E-state index in [0.717, 1.165) is 35.5 Å². The summed E-state index contributed by atoms with van der Waals surface area (Å²) in [6.07, 6.45) is 2.93. The van der Waals surface area contributed by atoms with Crippen molar-refractivity contribution in [2.75, 3.05) is 11.5 Å². The van der Waals surface area contributed by atoms with E-state index in [0.29, 0.717) is 5.75 Å². The molecule has 5 rings (SSSR count). The molecule has 5 aromatic carbocycles. The maximum Gasteiger partial charge on any atom is 0.200 e. The molecule has 0 aliphatic heterocycles. The van der Waals surface area contributed by atoms with E-state index in [9.17, 15) is 9.90 Å². The summed E-state index contributed by atoms with van der Waals surface area (Å²) in [5, 5.41) is 9.67. The number of aliphatic hydroxyl groups excluding tert-OH is 1. The van der Waals surface area contributed by atoms with Crippen molar-refractivity contribution in [1.82, 2.24) is 0 Å². The van der Waals surface area contributed by atoms with Gasteiger partial charge in [-0.1, -0.05) is 90.5 Å². The summed E-state index contributed by atoms with van der Waals surface area (Å²) < 4.78 is 5.79. The second-order valence-corrected chi connectivity index (χ2v) is 11.5. The van der Waals surface area contributed by atoms with Crippen molar-refractivity contribution >= 4 is 22.8 Å². The number of aliphatic hydroxyl groups is 1. The van der Waals surface area contributed by atoms with Crippen molar-refractivity contribution in [3.8, 4) is 16.9 Å². The average molecular weight is 582 g/mol. The van der Waals surface area contributed by atoms with Gasteiger partial charge in [-0.3, -0.25) is 4.79 Å². The Morgan fingerprint density at radius 1 is 0.682 bits per heavy atom. The summed E-state index contributed by atoms with van der Waals surface area (Å²) in [4.78, 5) is 14.4. The molecule has 4 heteroatoms. The monoisotopic (exact) mass is 581 g/mol.